The van der Waals surface area contributed by atoms with Gasteiger partial charge < -0.3 is 5.32 Å². The van der Waals surface area contributed by atoms with E-state index >= 15 is 0 Å². The molecule has 1 N–H and O–H groups in total. The van der Waals surface area contributed by atoms with Gasteiger partial charge in [0.25, 0.3) is 0 Å². The number of nitrogens with one attached hydrogen (secondary N) is 1. The van der Waals surface area contributed by atoms with Crippen LogP contribution in [0.2, 0.25) is 0 Å². The molecule has 3 fully saturated rings. The second-order valence-electron chi connectivity index (χ2n) is 7.81. The van der Waals surface area contributed by atoms with E-state index in [0.29, 0.717) is 17.1 Å². The zero-order chi connectivity index (χ0) is 18.2. The van der Waals surface area contributed by atoms with Crippen LogP contribution in [0.1, 0.15) is 37.8 Å². The first kappa shape index (κ1) is 17.1. The van der Waals surface area contributed by atoms with E-state index in [1.165, 1.54) is 23.3 Å². The maximum absolute atomic E-state index is 12.7. The van der Waals surface area contributed by atoms with Crippen molar-refractivity contribution in [1.29, 1.82) is 0 Å². The van der Waals surface area contributed by atoms with Crippen LogP contribution in [0.4, 0.5) is 5.13 Å². The first-order chi connectivity index (χ1) is 13.3. The topological polar surface area (TPSA) is 75.9 Å². The van der Waals surface area contributed by atoms with Crippen molar-refractivity contribution in [2.45, 2.75) is 44.7 Å². The average Bonchev–Trinajstić information content (AvgIpc) is 3.45. The highest BCUT2D eigenvalue weighted by Crippen LogP contribution is 2.37. The minimum absolute atomic E-state index is 0.0638. The number of hydrogen-bond donors (Lipinski definition) is 1. The van der Waals surface area contributed by atoms with Crippen molar-refractivity contribution < 1.29 is 4.79 Å². The second kappa shape index (κ2) is 7.16. The number of rotatable bonds is 5. The van der Waals surface area contributed by atoms with E-state index in [0.717, 1.165) is 51.0 Å². The number of amides is 1. The molecule has 0 radical (unpaired) electrons. The summed E-state index contributed by atoms with van der Waals surface area (Å²) >= 11 is 1.47. The number of anilines is 1. The van der Waals surface area contributed by atoms with Crippen molar-refractivity contribution in [2.24, 2.45) is 11.8 Å². The highest BCUT2D eigenvalue weighted by Gasteiger charge is 2.43. The van der Waals surface area contributed by atoms with E-state index in [1.807, 2.05) is 10.1 Å². The summed E-state index contributed by atoms with van der Waals surface area (Å²) in [6.07, 6.45) is 11.7. The Morgan fingerprint density at radius 2 is 2.37 bits per heavy atom. The number of carbonyl (C=O) groups is 1. The normalized spacial score (nSPS) is 29.7. The number of nitrogens with zero attached hydrogens (tertiary/aromatic N) is 5. The van der Waals surface area contributed by atoms with Gasteiger partial charge >= 0.3 is 0 Å². The fourth-order valence-electron chi connectivity index (χ4n) is 4.76. The summed E-state index contributed by atoms with van der Waals surface area (Å²) in [6.45, 7) is 2.76. The first-order valence-electron chi connectivity index (χ1n) is 9.80. The third-order valence-corrected chi connectivity index (χ3v) is 6.87. The van der Waals surface area contributed by atoms with Gasteiger partial charge in [-0.25, -0.2) is 4.98 Å². The molecule has 0 saturated carbocycles. The quantitative estimate of drug-likeness (QED) is 0.858. The molecule has 142 valence electrons. The maximum atomic E-state index is 12.7. The molecule has 1 amide bonds. The SMILES string of the molecule is O=C(Nc1nccs1)[C@H]1CN2CC[C@H]1C[C@@H]2Cn1cc(C2=CCCC2)nn1. The summed E-state index contributed by atoms with van der Waals surface area (Å²) in [5.74, 6) is 0.628. The van der Waals surface area contributed by atoms with Crippen LogP contribution in [0, 0.1) is 11.8 Å². The van der Waals surface area contributed by atoms with Gasteiger partial charge in [-0.3, -0.25) is 14.4 Å². The fraction of sp³-hybridized carbons (Fsp3) is 0.579. The molecule has 2 bridgehead atoms. The number of aromatic nitrogens is 4. The maximum Gasteiger partial charge on any atom is 0.230 e. The Morgan fingerprint density at radius 1 is 1.41 bits per heavy atom. The van der Waals surface area contributed by atoms with Gasteiger partial charge in [0.2, 0.25) is 5.91 Å². The van der Waals surface area contributed by atoms with E-state index in [2.05, 4.69) is 37.8 Å². The molecule has 5 heterocycles. The Kier molecular flexibility index (Phi) is 4.53. The van der Waals surface area contributed by atoms with E-state index in [4.69, 9.17) is 0 Å². The zero-order valence-corrected chi connectivity index (χ0v) is 16.1. The van der Waals surface area contributed by atoms with E-state index in [9.17, 15) is 4.79 Å². The molecule has 7 nitrogen and oxygen atoms in total. The van der Waals surface area contributed by atoms with Crippen molar-refractivity contribution in [3.8, 4) is 0 Å². The third kappa shape index (κ3) is 3.43. The second-order valence-corrected chi connectivity index (χ2v) is 8.71. The monoisotopic (exact) mass is 384 g/mol. The predicted molar refractivity (Wildman–Crippen MR) is 104 cm³/mol. The van der Waals surface area contributed by atoms with Gasteiger partial charge in [0.05, 0.1) is 18.7 Å². The molecule has 0 spiro atoms. The average molecular weight is 385 g/mol. The molecule has 3 saturated heterocycles. The van der Waals surface area contributed by atoms with Crippen LogP contribution in [-0.2, 0) is 11.3 Å². The minimum Gasteiger partial charge on any atom is -0.302 e. The van der Waals surface area contributed by atoms with E-state index in [1.54, 1.807) is 6.20 Å². The molecule has 2 aromatic heterocycles. The minimum atomic E-state index is 0.0638. The van der Waals surface area contributed by atoms with Crippen LogP contribution in [0.25, 0.3) is 5.57 Å². The Balaban J connectivity index is 1.22. The number of hydrogen-bond acceptors (Lipinski definition) is 6. The highest BCUT2D eigenvalue weighted by atomic mass is 32.1. The Hall–Kier alpha value is -2.06. The van der Waals surface area contributed by atoms with Crippen LogP contribution in [0.3, 0.4) is 0 Å². The number of fused-ring (bicyclic) bond motifs is 3. The molecular formula is C19H24N6OS. The molecule has 3 aliphatic heterocycles. The number of thiazole rings is 1. The van der Waals surface area contributed by atoms with E-state index in [-0.39, 0.29) is 11.8 Å². The molecule has 1 aliphatic carbocycles. The molecule has 2 aromatic rings. The van der Waals surface area contributed by atoms with Crippen molar-refractivity contribution in [3.63, 3.8) is 0 Å². The van der Waals surface area contributed by atoms with Crippen molar-refractivity contribution in [1.82, 2.24) is 24.9 Å². The molecule has 4 aliphatic rings. The molecule has 1 unspecified atom stereocenters. The summed E-state index contributed by atoms with van der Waals surface area (Å²) in [4.78, 5) is 19.3. The van der Waals surface area contributed by atoms with Gasteiger partial charge in [0.15, 0.2) is 5.13 Å². The summed E-state index contributed by atoms with van der Waals surface area (Å²) < 4.78 is 1.99. The lowest BCUT2D eigenvalue weighted by Gasteiger charge is -2.49. The predicted octanol–water partition coefficient (Wildman–Crippen LogP) is 2.65. The van der Waals surface area contributed by atoms with Crippen LogP contribution in [0.5, 0.6) is 0 Å². The van der Waals surface area contributed by atoms with Gasteiger partial charge in [0, 0.05) is 24.2 Å². The molecule has 6 rings (SSSR count). The zero-order valence-electron chi connectivity index (χ0n) is 15.3. The lowest BCUT2D eigenvalue weighted by Crippen LogP contribution is -2.57. The summed E-state index contributed by atoms with van der Waals surface area (Å²) in [7, 11) is 0. The van der Waals surface area contributed by atoms with Gasteiger partial charge in [-0.1, -0.05) is 11.3 Å². The van der Waals surface area contributed by atoms with Crippen LogP contribution in [-0.4, -0.2) is 49.9 Å². The lowest BCUT2D eigenvalue weighted by atomic mass is 9.75. The van der Waals surface area contributed by atoms with Gasteiger partial charge in [-0.2, -0.15) is 0 Å². The van der Waals surface area contributed by atoms with Crippen LogP contribution >= 0.6 is 11.3 Å². The van der Waals surface area contributed by atoms with Gasteiger partial charge in [-0.15, -0.1) is 16.4 Å². The first-order valence-corrected chi connectivity index (χ1v) is 10.7. The smallest absolute Gasteiger partial charge is 0.230 e. The highest BCUT2D eigenvalue weighted by molar-refractivity contribution is 7.13. The largest absolute Gasteiger partial charge is 0.302 e. The van der Waals surface area contributed by atoms with Gasteiger partial charge in [-0.05, 0) is 50.1 Å². The fourth-order valence-corrected chi connectivity index (χ4v) is 5.29. The summed E-state index contributed by atoms with van der Waals surface area (Å²) in [6, 6.07) is 0.444. The molecule has 0 aromatic carbocycles. The standard InChI is InChI=1S/C19H24N6OS/c26-18(21-19-20-6-8-27-19)16-11-24-7-5-14(16)9-15(24)10-25-12-17(22-23-25)13-3-1-2-4-13/h3,6,8,12,14-16H,1-2,4-5,7,9-11H2,(H,20,21,26)/t14-,15+,16-/m0/s1. The third-order valence-electron chi connectivity index (χ3n) is 6.18. The molecule has 27 heavy (non-hydrogen) atoms. The Bertz CT molecular complexity index is 844. The van der Waals surface area contributed by atoms with Crippen LogP contribution < -0.4 is 5.32 Å². The van der Waals surface area contributed by atoms with E-state index < -0.39 is 0 Å². The molecular weight excluding hydrogens is 360 g/mol. The molecule has 8 heteroatoms. The van der Waals surface area contributed by atoms with Crippen molar-refractivity contribution in [3.05, 3.63) is 29.5 Å². The van der Waals surface area contributed by atoms with Crippen molar-refractivity contribution in [2.75, 3.05) is 18.4 Å². The molecule has 4 atom stereocenters. The van der Waals surface area contributed by atoms with Crippen LogP contribution in [0.15, 0.2) is 23.8 Å². The summed E-state index contributed by atoms with van der Waals surface area (Å²) in [5.41, 5.74) is 2.37. The lowest BCUT2D eigenvalue weighted by molar-refractivity contribution is -0.127. The Morgan fingerprint density at radius 3 is 3.11 bits per heavy atom. The van der Waals surface area contributed by atoms with Crippen molar-refractivity contribution >= 4 is 27.9 Å². The Labute approximate surface area is 162 Å². The number of carbonyl (C=O) groups excluding carboxylic acids is 1. The number of piperidine rings is 3. The number of allylic oxidation sites excluding steroid dienone is 2. The van der Waals surface area contributed by atoms with Gasteiger partial charge in [0.1, 0.15) is 5.69 Å². The summed E-state index contributed by atoms with van der Waals surface area (Å²) in [5, 5.41) is 14.3.